The largest absolute Gasteiger partial charge is 0.293 e. The summed E-state index contributed by atoms with van der Waals surface area (Å²) in [5.74, 6) is 0. The lowest BCUT2D eigenvalue weighted by atomic mass is 10.2. The van der Waals surface area contributed by atoms with E-state index in [0.717, 1.165) is 12.1 Å². The van der Waals surface area contributed by atoms with Gasteiger partial charge in [0, 0.05) is 30.7 Å². The molecule has 2 nitrogen and oxygen atoms in total. The van der Waals surface area contributed by atoms with Crippen LogP contribution in [0.25, 0.3) is 0 Å². The van der Waals surface area contributed by atoms with Crippen molar-refractivity contribution in [1.82, 2.24) is 4.98 Å². The van der Waals surface area contributed by atoms with Crippen LogP contribution in [-0.2, 0) is 0 Å². The highest BCUT2D eigenvalue weighted by Crippen LogP contribution is 1.98. The van der Waals surface area contributed by atoms with Crippen LogP contribution in [0.1, 0.15) is 38.2 Å². The van der Waals surface area contributed by atoms with Gasteiger partial charge in [-0.2, -0.15) is 0 Å². The molecule has 0 aromatic carbocycles. The molecule has 76 valence electrons. The smallest absolute Gasteiger partial charge is 0.0389 e. The van der Waals surface area contributed by atoms with Crippen molar-refractivity contribution in [3.8, 4) is 0 Å². The van der Waals surface area contributed by atoms with E-state index in [1.54, 1.807) is 6.20 Å². The summed E-state index contributed by atoms with van der Waals surface area (Å²) >= 11 is 0. The maximum atomic E-state index is 4.35. The predicted octanol–water partition coefficient (Wildman–Crippen LogP) is 3.08. The second-order valence-electron chi connectivity index (χ2n) is 3.38. The summed E-state index contributed by atoms with van der Waals surface area (Å²) in [7, 11) is 0. The van der Waals surface area contributed by atoms with Crippen molar-refractivity contribution in [3.05, 3.63) is 30.1 Å². The molecule has 0 spiro atoms. The van der Waals surface area contributed by atoms with Crippen molar-refractivity contribution in [2.45, 2.75) is 32.6 Å². The minimum Gasteiger partial charge on any atom is -0.293 e. The number of nitrogens with zero attached hydrogens (tertiary/aromatic N) is 2. The Bertz CT molecular complexity index is 254. The highest BCUT2D eigenvalue weighted by Gasteiger charge is 1.86. The molecule has 0 aliphatic rings. The molecule has 0 saturated carbocycles. The Morgan fingerprint density at radius 3 is 3.00 bits per heavy atom. The van der Waals surface area contributed by atoms with E-state index in [0.29, 0.717) is 0 Å². The molecule has 0 radical (unpaired) electrons. The number of hydrogen-bond acceptors (Lipinski definition) is 2. The molecule has 2 heteroatoms. The third-order valence-electron chi connectivity index (χ3n) is 2.07. The first-order valence-electron chi connectivity index (χ1n) is 5.33. The molecule has 0 aliphatic carbocycles. The fraction of sp³-hybridized carbons (Fsp3) is 0.500. The molecule has 0 amide bonds. The maximum absolute atomic E-state index is 4.35. The summed E-state index contributed by atoms with van der Waals surface area (Å²) in [5.41, 5.74) is 1.09. The average molecular weight is 190 g/mol. The molecule has 14 heavy (non-hydrogen) atoms. The molecule has 0 saturated heterocycles. The van der Waals surface area contributed by atoms with Crippen molar-refractivity contribution in [2.75, 3.05) is 6.54 Å². The standard InChI is InChI=1S/C12H18N2/c1-2-3-4-5-8-13-10-12-7-6-9-14-11-12/h6-7,9-11H,2-5,8H2,1H3. The van der Waals surface area contributed by atoms with Gasteiger partial charge in [0.15, 0.2) is 0 Å². The summed E-state index contributed by atoms with van der Waals surface area (Å²) in [6.07, 6.45) is 10.6. The molecule has 0 fully saturated rings. The van der Waals surface area contributed by atoms with Crippen LogP contribution in [0, 0.1) is 0 Å². The monoisotopic (exact) mass is 190 g/mol. The molecule has 1 aromatic heterocycles. The van der Waals surface area contributed by atoms with Gasteiger partial charge < -0.3 is 0 Å². The normalized spacial score (nSPS) is 10.9. The van der Waals surface area contributed by atoms with Crippen LogP contribution < -0.4 is 0 Å². The molecule has 0 unspecified atom stereocenters. The van der Waals surface area contributed by atoms with Gasteiger partial charge in [-0.1, -0.05) is 32.3 Å². The Balaban J connectivity index is 2.15. The second kappa shape index (κ2) is 7.25. The van der Waals surface area contributed by atoms with E-state index >= 15 is 0 Å². The maximum Gasteiger partial charge on any atom is 0.0389 e. The third-order valence-corrected chi connectivity index (χ3v) is 2.07. The molecule has 0 bridgehead atoms. The van der Waals surface area contributed by atoms with Gasteiger partial charge in [0.2, 0.25) is 0 Å². The molecular weight excluding hydrogens is 172 g/mol. The Kier molecular flexibility index (Phi) is 5.64. The fourth-order valence-electron chi connectivity index (χ4n) is 1.25. The second-order valence-corrected chi connectivity index (χ2v) is 3.38. The number of rotatable bonds is 6. The van der Waals surface area contributed by atoms with Crippen LogP contribution in [0.5, 0.6) is 0 Å². The zero-order chi connectivity index (χ0) is 10.1. The molecule has 0 atom stereocenters. The number of unbranched alkanes of at least 4 members (excludes halogenated alkanes) is 3. The Morgan fingerprint density at radius 2 is 2.29 bits per heavy atom. The Morgan fingerprint density at radius 1 is 1.36 bits per heavy atom. The summed E-state index contributed by atoms with van der Waals surface area (Å²) in [6.45, 7) is 3.16. The lowest BCUT2D eigenvalue weighted by Crippen LogP contribution is -1.85. The summed E-state index contributed by atoms with van der Waals surface area (Å²) in [5, 5.41) is 0. The third kappa shape index (κ3) is 4.75. The molecule has 1 aromatic rings. The minimum atomic E-state index is 0.939. The van der Waals surface area contributed by atoms with Crippen LogP contribution in [0.3, 0.4) is 0 Å². The first kappa shape index (κ1) is 10.9. The summed E-state index contributed by atoms with van der Waals surface area (Å²) in [6, 6.07) is 3.95. The van der Waals surface area contributed by atoms with Gasteiger partial charge in [-0.15, -0.1) is 0 Å². The van der Waals surface area contributed by atoms with E-state index < -0.39 is 0 Å². The van der Waals surface area contributed by atoms with E-state index in [1.165, 1.54) is 25.7 Å². The van der Waals surface area contributed by atoms with Gasteiger partial charge >= 0.3 is 0 Å². The lowest BCUT2D eigenvalue weighted by Gasteiger charge is -1.94. The lowest BCUT2D eigenvalue weighted by molar-refractivity contribution is 0.676. The van der Waals surface area contributed by atoms with Crippen LogP contribution in [0.4, 0.5) is 0 Å². The van der Waals surface area contributed by atoms with Crippen LogP contribution >= 0.6 is 0 Å². The van der Waals surface area contributed by atoms with Crippen LogP contribution in [0.15, 0.2) is 29.5 Å². The number of aromatic nitrogens is 1. The van der Waals surface area contributed by atoms with Crippen molar-refractivity contribution in [2.24, 2.45) is 4.99 Å². The van der Waals surface area contributed by atoms with E-state index in [1.807, 2.05) is 24.5 Å². The molecule has 1 heterocycles. The molecule has 0 N–H and O–H groups in total. The van der Waals surface area contributed by atoms with E-state index in [2.05, 4.69) is 16.9 Å². The van der Waals surface area contributed by atoms with Gasteiger partial charge in [-0.3, -0.25) is 9.98 Å². The SMILES string of the molecule is CCCCCCN=Cc1cccnc1. The summed E-state index contributed by atoms with van der Waals surface area (Å²) < 4.78 is 0. The van der Waals surface area contributed by atoms with E-state index in [4.69, 9.17) is 0 Å². The fourth-order valence-corrected chi connectivity index (χ4v) is 1.25. The van der Waals surface area contributed by atoms with Crippen molar-refractivity contribution >= 4 is 6.21 Å². The molecule has 0 aliphatic heterocycles. The Labute approximate surface area is 86.1 Å². The van der Waals surface area contributed by atoms with Gasteiger partial charge in [-0.05, 0) is 12.5 Å². The van der Waals surface area contributed by atoms with Gasteiger partial charge in [0.05, 0.1) is 0 Å². The molecular formula is C12H18N2. The van der Waals surface area contributed by atoms with Crippen molar-refractivity contribution < 1.29 is 0 Å². The van der Waals surface area contributed by atoms with E-state index in [-0.39, 0.29) is 0 Å². The Hall–Kier alpha value is -1.18. The number of hydrogen-bond donors (Lipinski definition) is 0. The zero-order valence-electron chi connectivity index (χ0n) is 8.82. The van der Waals surface area contributed by atoms with Crippen molar-refractivity contribution in [3.63, 3.8) is 0 Å². The number of pyridine rings is 1. The zero-order valence-corrected chi connectivity index (χ0v) is 8.82. The topological polar surface area (TPSA) is 25.2 Å². The quantitative estimate of drug-likeness (QED) is 0.500. The summed E-state index contributed by atoms with van der Waals surface area (Å²) in [4.78, 5) is 8.37. The first-order valence-corrected chi connectivity index (χ1v) is 5.33. The number of aliphatic imine (C=N–C) groups is 1. The highest BCUT2D eigenvalue weighted by atomic mass is 14.7. The van der Waals surface area contributed by atoms with Crippen LogP contribution in [0.2, 0.25) is 0 Å². The van der Waals surface area contributed by atoms with E-state index in [9.17, 15) is 0 Å². The van der Waals surface area contributed by atoms with Crippen LogP contribution in [-0.4, -0.2) is 17.7 Å². The highest BCUT2D eigenvalue weighted by molar-refractivity contribution is 5.78. The first-order chi connectivity index (χ1) is 6.93. The molecule has 1 rings (SSSR count). The van der Waals surface area contributed by atoms with Crippen molar-refractivity contribution in [1.29, 1.82) is 0 Å². The average Bonchev–Trinajstić information content (AvgIpc) is 2.25. The predicted molar refractivity (Wildman–Crippen MR) is 60.8 cm³/mol. The van der Waals surface area contributed by atoms with Gasteiger partial charge in [-0.25, -0.2) is 0 Å². The minimum absolute atomic E-state index is 0.939. The van der Waals surface area contributed by atoms with Gasteiger partial charge in [0.25, 0.3) is 0 Å². The van der Waals surface area contributed by atoms with Gasteiger partial charge in [0.1, 0.15) is 0 Å².